The fourth-order valence-electron chi connectivity index (χ4n) is 1.91. The molecule has 1 aliphatic heterocycles. The van der Waals surface area contributed by atoms with Crippen molar-refractivity contribution in [3.63, 3.8) is 0 Å². The molecular weight excluding hydrogens is 278 g/mol. The van der Waals surface area contributed by atoms with E-state index in [2.05, 4.69) is 5.32 Å². The maximum absolute atomic E-state index is 13.1. The third-order valence-corrected chi connectivity index (χ3v) is 2.97. The van der Waals surface area contributed by atoms with Crippen molar-refractivity contribution in [2.75, 3.05) is 26.2 Å². The molecule has 3 nitrogen and oxygen atoms in total. The Kier molecular flexibility index (Phi) is 5.85. The molecule has 1 aromatic rings. The zero-order valence-electron chi connectivity index (χ0n) is 9.79. The predicted molar refractivity (Wildman–Crippen MR) is 71.8 cm³/mol. The molecule has 0 aliphatic carbocycles. The number of piperazine rings is 1. The summed E-state index contributed by atoms with van der Waals surface area (Å²) in [7, 11) is 0. The van der Waals surface area contributed by atoms with Crippen LogP contribution in [0.1, 0.15) is 5.56 Å². The number of halogens is 3. The maximum atomic E-state index is 13.1. The van der Waals surface area contributed by atoms with Gasteiger partial charge in [-0.15, -0.1) is 12.4 Å². The largest absolute Gasteiger partial charge is 0.340 e. The highest BCUT2D eigenvalue weighted by Gasteiger charge is 2.16. The lowest BCUT2D eigenvalue weighted by atomic mass is 10.1. The van der Waals surface area contributed by atoms with Crippen molar-refractivity contribution in [3.8, 4) is 0 Å². The van der Waals surface area contributed by atoms with E-state index in [-0.39, 0.29) is 24.7 Å². The van der Waals surface area contributed by atoms with Crippen molar-refractivity contribution in [3.05, 3.63) is 34.6 Å². The van der Waals surface area contributed by atoms with Gasteiger partial charge < -0.3 is 10.2 Å². The molecule has 2 rings (SSSR count). The van der Waals surface area contributed by atoms with Gasteiger partial charge in [0.25, 0.3) is 0 Å². The van der Waals surface area contributed by atoms with Gasteiger partial charge in [0.15, 0.2) is 0 Å². The summed E-state index contributed by atoms with van der Waals surface area (Å²) in [5, 5.41) is 3.50. The fourth-order valence-corrected chi connectivity index (χ4v) is 2.16. The molecule has 18 heavy (non-hydrogen) atoms. The predicted octanol–water partition coefficient (Wildman–Crippen LogP) is 1.88. The van der Waals surface area contributed by atoms with Crippen molar-refractivity contribution in [2.45, 2.75) is 6.42 Å². The van der Waals surface area contributed by atoms with Gasteiger partial charge in [-0.1, -0.05) is 11.6 Å². The summed E-state index contributed by atoms with van der Waals surface area (Å²) in [5.41, 5.74) is 0.624. The van der Waals surface area contributed by atoms with Crippen LogP contribution < -0.4 is 5.32 Å². The molecule has 0 radical (unpaired) electrons. The second kappa shape index (κ2) is 6.92. The van der Waals surface area contributed by atoms with E-state index >= 15 is 0 Å². The molecule has 1 aromatic carbocycles. The number of hydrogen-bond acceptors (Lipinski definition) is 2. The van der Waals surface area contributed by atoms with E-state index in [1.165, 1.54) is 12.1 Å². The summed E-state index contributed by atoms with van der Waals surface area (Å²) in [6, 6.07) is 4.22. The summed E-state index contributed by atoms with van der Waals surface area (Å²) in [6.07, 6.45) is 0.206. The zero-order valence-corrected chi connectivity index (χ0v) is 11.4. The third kappa shape index (κ3) is 4.12. The number of amides is 1. The monoisotopic (exact) mass is 292 g/mol. The molecule has 0 unspecified atom stereocenters. The van der Waals surface area contributed by atoms with E-state index in [9.17, 15) is 9.18 Å². The Labute approximate surface area is 117 Å². The lowest BCUT2D eigenvalue weighted by molar-refractivity contribution is -0.131. The summed E-state index contributed by atoms with van der Waals surface area (Å²) in [5.74, 6) is -0.381. The first-order valence-electron chi connectivity index (χ1n) is 5.58. The summed E-state index contributed by atoms with van der Waals surface area (Å²) in [6.45, 7) is 3.05. The molecule has 0 aromatic heterocycles. The number of carbonyl (C=O) groups is 1. The highest BCUT2D eigenvalue weighted by atomic mass is 35.5. The Balaban J connectivity index is 0.00000162. The Morgan fingerprint density at radius 3 is 2.61 bits per heavy atom. The highest BCUT2D eigenvalue weighted by molar-refractivity contribution is 6.30. The standard InChI is InChI=1S/C12H14ClFN2O.ClH/c13-10-5-9(6-11(14)8-10)7-12(17)16-3-1-15-2-4-16;/h5-6,8,15H,1-4,7H2;1H. The van der Waals surface area contributed by atoms with Gasteiger partial charge in [0, 0.05) is 31.2 Å². The quantitative estimate of drug-likeness (QED) is 0.903. The number of benzene rings is 1. The Bertz CT molecular complexity index is 402. The Morgan fingerprint density at radius 2 is 2.00 bits per heavy atom. The molecule has 1 amide bonds. The van der Waals surface area contributed by atoms with Gasteiger partial charge in [0.1, 0.15) is 5.82 Å². The van der Waals surface area contributed by atoms with Gasteiger partial charge in [-0.05, 0) is 23.8 Å². The number of rotatable bonds is 2. The van der Waals surface area contributed by atoms with Crippen molar-refractivity contribution in [1.29, 1.82) is 0 Å². The molecule has 1 saturated heterocycles. The van der Waals surface area contributed by atoms with Gasteiger partial charge in [-0.25, -0.2) is 4.39 Å². The average molecular weight is 293 g/mol. The minimum absolute atomic E-state index is 0. The number of hydrogen-bond donors (Lipinski definition) is 1. The van der Waals surface area contributed by atoms with Crippen LogP contribution in [0.2, 0.25) is 5.02 Å². The molecule has 6 heteroatoms. The van der Waals surface area contributed by atoms with Crippen molar-refractivity contribution in [2.24, 2.45) is 0 Å². The van der Waals surface area contributed by atoms with Crippen LogP contribution in [0.25, 0.3) is 0 Å². The molecule has 1 aliphatic rings. The van der Waals surface area contributed by atoms with Crippen LogP contribution >= 0.6 is 24.0 Å². The van der Waals surface area contributed by atoms with Crippen molar-refractivity contribution >= 4 is 29.9 Å². The number of nitrogens with zero attached hydrogens (tertiary/aromatic N) is 1. The molecule has 1 N–H and O–H groups in total. The average Bonchev–Trinajstić information content (AvgIpc) is 2.28. The Hall–Kier alpha value is -0.840. The van der Waals surface area contributed by atoms with E-state index in [0.29, 0.717) is 23.7 Å². The fraction of sp³-hybridized carbons (Fsp3) is 0.417. The first-order valence-corrected chi connectivity index (χ1v) is 5.96. The second-order valence-corrected chi connectivity index (χ2v) is 4.52. The van der Waals surface area contributed by atoms with Gasteiger partial charge >= 0.3 is 0 Å². The van der Waals surface area contributed by atoms with Crippen molar-refractivity contribution < 1.29 is 9.18 Å². The van der Waals surface area contributed by atoms with E-state index in [1.807, 2.05) is 0 Å². The molecule has 100 valence electrons. The Morgan fingerprint density at radius 1 is 1.33 bits per heavy atom. The topological polar surface area (TPSA) is 32.3 Å². The first-order chi connectivity index (χ1) is 8.15. The van der Waals surface area contributed by atoms with E-state index < -0.39 is 5.82 Å². The molecule has 0 bridgehead atoms. The second-order valence-electron chi connectivity index (χ2n) is 4.09. The van der Waals surface area contributed by atoms with Gasteiger partial charge in [-0.3, -0.25) is 4.79 Å². The molecule has 0 spiro atoms. The third-order valence-electron chi connectivity index (χ3n) is 2.75. The number of carbonyl (C=O) groups excluding carboxylic acids is 1. The van der Waals surface area contributed by atoms with Crippen LogP contribution in [0.15, 0.2) is 18.2 Å². The van der Waals surface area contributed by atoms with Crippen LogP contribution in [0, 0.1) is 5.82 Å². The normalized spacial score (nSPS) is 15.1. The first kappa shape index (κ1) is 15.2. The number of nitrogens with one attached hydrogen (secondary N) is 1. The summed E-state index contributed by atoms with van der Waals surface area (Å²) >= 11 is 5.74. The zero-order chi connectivity index (χ0) is 12.3. The molecule has 1 heterocycles. The smallest absolute Gasteiger partial charge is 0.227 e. The lowest BCUT2D eigenvalue weighted by Crippen LogP contribution is -2.46. The minimum atomic E-state index is -0.402. The van der Waals surface area contributed by atoms with Crippen LogP contribution in [0.3, 0.4) is 0 Å². The molecular formula is C12H15Cl2FN2O. The van der Waals surface area contributed by atoms with Crippen LogP contribution in [-0.4, -0.2) is 37.0 Å². The lowest BCUT2D eigenvalue weighted by Gasteiger charge is -2.27. The van der Waals surface area contributed by atoms with Gasteiger partial charge in [-0.2, -0.15) is 0 Å². The van der Waals surface area contributed by atoms with E-state index in [0.717, 1.165) is 13.1 Å². The van der Waals surface area contributed by atoms with Crippen LogP contribution in [-0.2, 0) is 11.2 Å². The summed E-state index contributed by atoms with van der Waals surface area (Å²) in [4.78, 5) is 13.7. The summed E-state index contributed by atoms with van der Waals surface area (Å²) < 4.78 is 13.1. The highest BCUT2D eigenvalue weighted by Crippen LogP contribution is 2.15. The minimum Gasteiger partial charge on any atom is -0.340 e. The van der Waals surface area contributed by atoms with Crippen LogP contribution in [0.4, 0.5) is 4.39 Å². The van der Waals surface area contributed by atoms with Crippen LogP contribution in [0.5, 0.6) is 0 Å². The van der Waals surface area contributed by atoms with Crippen molar-refractivity contribution in [1.82, 2.24) is 10.2 Å². The van der Waals surface area contributed by atoms with E-state index in [4.69, 9.17) is 11.6 Å². The molecule has 0 saturated carbocycles. The van der Waals surface area contributed by atoms with Gasteiger partial charge in [0.2, 0.25) is 5.91 Å². The van der Waals surface area contributed by atoms with E-state index in [1.54, 1.807) is 11.0 Å². The molecule has 0 atom stereocenters. The SMILES string of the molecule is Cl.O=C(Cc1cc(F)cc(Cl)c1)N1CCNCC1. The molecule has 1 fully saturated rings. The van der Waals surface area contributed by atoms with Gasteiger partial charge in [0.05, 0.1) is 6.42 Å². The maximum Gasteiger partial charge on any atom is 0.227 e.